The van der Waals surface area contributed by atoms with E-state index in [0.29, 0.717) is 9.59 Å². The molecule has 4 heterocycles. The van der Waals surface area contributed by atoms with Crippen LogP contribution >= 0.6 is 11.6 Å². The van der Waals surface area contributed by atoms with Gasteiger partial charge in [0.25, 0.3) is 11.8 Å². The summed E-state index contributed by atoms with van der Waals surface area (Å²) in [5, 5.41) is 24.2. The molecular weight excluding hydrogens is 649 g/mol. The summed E-state index contributed by atoms with van der Waals surface area (Å²) in [5.74, 6) is -2.21. The van der Waals surface area contributed by atoms with Crippen LogP contribution in [0.15, 0.2) is 47.5 Å². The second kappa shape index (κ2) is 12.6. The molecule has 1 aliphatic heterocycles. The monoisotopic (exact) mass is 674 g/mol. The van der Waals surface area contributed by atoms with Gasteiger partial charge in [-0.3, -0.25) is 23.9 Å². The number of halogens is 4. The van der Waals surface area contributed by atoms with E-state index in [9.17, 15) is 37.5 Å². The summed E-state index contributed by atoms with van der Waals surface area (Å²) in [6.45, 7) is -1.59. The highest BCUT2D eigenvalue weighted by Crippen LogP contribution is 2.25. The average molecular weight is 675 g/mol. The largest absolute Gasteiger partial charge is 0.416 e. The van der Waals surface area contributed by atoms with Crippen LogP contribution < -0.4 is 16.3 Å². The van der Waals surface area contributed by atoms with E-state index >= 15 is 0 Å². The molecule has 0 bridgehead atoms. The highest BCUT2D eigenvalue weighted by Gasteiger charge is 2.39. The summed E-state index contributed by atoms with van der Waals surface area (Å²) < 4.78 is 42.4. The maximum Gasteiger partial charge on any atom is 0.416 e. The number of aromatic nitrogens is 7. The van der Waals surface area contributed by atoms with Gasteiger partial charge in [-0.1, -0.05) is 11.6 Å². The van der Waals surface area contributed by atoms with Crippen molar-refractivity contribution in [2.45, 2.75) is 44.3 Å². The minimum atomic E-state index is -5.02. The molecule has 3 amide bonds. The summed E-state index contributed by atoms with van der Waals surface area (Å²) in [5.41, 5.74) is -0.580. The Bertz CT molecular complexity index is 1900. The maximum absolute atomic E-state index is 13.7. The van der Waals surface area contributed by atoms with Gasteiger partial charge < -0.3 is 20.6 Å². The molecule has 3 N–H and O–H groups in total. The zero-order valence-electron chi connectivity index (χ0n) is 24.3. The molecule has 0 spiro atoms. The molecule has 246 valence electrons. The number of alkyl halides is 3. The van der Waals surface area contributed by atoms with Crippen molar-refractivity contribution < 1.29 is 32.7 Å². The third kappa shape index (κ3) is 6.87. The van der Waals surface area contributed by atoms with E-state index in [4.69, 9.17) is 11.6 Å². The second-order valence-corrected chi connectivity index (χ2v) is 11.4. The number of carbonyl (C=O) groups is 3. The Labute approximate surface area is 268 Å². The Morgan fingerprint density at radius 1 is 1.13 bits per heavy atom. The molecule has 2 fully saturated rings. The molecule has 19 heteroatoms. The molecule has 2 aliphatic rings. The smallest absolute Gasteiger partial charge is 0.382 e. The van der Waals surface area contributed by atoms with E-state index in [2.05, 4.69) is 30.8 Å². The summed E-state index contributed by atoms with van der Waals surface area (Å²) in [4.78, 5) is 61.9. The number of aliphatic hydroxyl groups is 1. The van der Waals surface area contributed by atoms with Crippen LogP contribution in [0.1, 0.15) is 39.6 Å². The average Bonchev–Trinajstić information content (AvgIpc) is 3.68. The molecule has 1 saturated heterocycles. The molecule has 3 aromatic heterocycles. The predicted octanol–water partition coefficient (Wildman–Crippen LogP) is 0.777. The molecular formula is C28H26ClF3N10O5. The molecule has 15 nitrogen and oxygen atoms in total. The molecule has 6 rings (SSSR count). The number of aliphatic hydroxyl groups excluding tert-OH is 1. The second-order valence-electron chi connectivity index (χ2n) is 10.9. The van der Waals surface area contributed by atoms with E-state index in [1.54, 1.807) is 0 Å². The van der Waals surface area contributed by atoms with Gasteiger partial charge in [0.1, 0.15) is 13.1 Å². The van der Waals surface area contributed by atoms with Gasteiger partial charge in [0.2, 0.25) is 11.7 Å². The Kier molecular flexibility index (Phi) is 8.54. The molecule has 4 aromatic rings. The van der Waals surface area contributed by atoms with Crippen LogP contribution in [0, 0.1) is 0 Å². The summed E-state index contributed by atoms with van der Waals surface area (Å²) in [6.07, 6.45) is -3.57. The van der Waals surface area contributed by atoms with Crippen molar-refractivity contribution in [3.8, 4) is 17.1 Å². The number of piperazine rings is 1. The fraction of sp³-hybridized carbons (Fsp3) is 0.357. The first-order valence-electron chi connectivity index (χ1n) is 14.3. The van der Waals surface area contributed by atoms with Crippen molar-refractivity contribution in [1.29, 1.82) is 0 Å². The van der Waals surface area contributed by atoms with Crippen molar-refractivity contribution in [2.24, 2.45) is 0 Å². The van der Waals surface area contributed by atoms with Gasteiger partial charge >= 0.3 is 11.9 Å². The lowest BCUT2D eigenvalue weighted by atomic mass is 10.2. The molecule has 0 radical (unpaired) electrons. The lowest BCUT2D eigenvalue weighted by Gasteiger charge is -2.26. The van der Waals surface area contributed by atoms with Crippen molar-refractivity contribution >= 4 is 29.3 Å². The standard InChI is InChI=1S/C28H26ClF3N10O5/c29-16-3-1-15(2-4-16)23-38-41(27(47)40(23)12-20(43)28(30,31)32)13-21-36-24(26(46)39-10-9-34-22(44)14-39)42(37-21)19-11-33-8-7-18(19)25(45)35-17-5-6-17/h1-4,7-8,11,17,20,43H,5-6,9-10,12-14H2,(H,34,44)(H,35,45). The van der Waals surface area contributed by atoms with E-state index in [1.807, 2.05) is 0 Å². The van der Waals surface area contributed by atoms with E-state index in [0.717, 1.165) is 22.2 Å². The number of rotatable bonds is 9. The number of benzene rings is 1. The van der Waals surface area contributed by atoms with Gasteiger partial charge in [-0.25, -0.2) is 19.1 Å². The number of nitrogens with zero attached hydrogens (tertiary/aromatic N) is 8. The topological polar surface area (TPSA) is 182 Å². The Morgan fingerprint density at radius 2 is 1.87 bits per heavy atom. The van der Waals surface area contributed by atoms with Crippen LogP contribution in [-0.2, 0) is 17.9 Å². The summed E-state index contributed by atoms with van der Waals surface area (Å²) >= 11 is 5.96. The van der Waals surface area contributed by atoms with Crippen molar-refractivity contribution in [1.82, 2.24) is 49.6 Å². The highest BCUT2D eigenvalue weighted by atomic mass is 35.5. The van der Waals surface area contributed by atoms with Crippen LogP contribution in [0.5, 0.6) is 0 Å². The number of pyridine rings is 1. The van der Waals surface area contributed by atoms with Gasteiger partial charge in [0.15, 0.2) is 17.8 Å². The first-order valence-corrected chi connectivity index (χ1v) is 14.7. The number of carbonyl (C=O) groups excluding carboxylic acids is 3. The van der Waals surface area contributed by atoms with Gasteiger partial charge in [0.05, 0.1) is 24.0 Å². The number of hydrogen-bond acceptors (Lipinski definition) is 9. The first kappa shape index (κ1) is 31.9. The fourth-order valence-electron chi connectivity index (χ4n) is 4.85. The number of amides is 3. The zero-order valence-corrected chi connectivity index (χ0v) is 25.1. The number of nitrogens with one attached hydrogen (secondary N) is 2. The van der Waals surface area contributed by atoms with Gasteiger partial charge in [-0.05, 0) is 43.2 Å². The van der Waals surface area contributed by atoms with Crippen LogP contribution in [-0.4, -0.2) is 99.8 Å². The van der Waals surface area contributed by atoms with Crippen LogP contribution in [0.2, 0.25) is 5.02 Å². The molecule has 1 aliphatic carbocycles. The fourth-order valence-corrected chi connectivity index (χ4v) is 4.98. The van der Waals surface area contributed by atoms with Crippen molar-refractivity contribution in [2.75, 3.05) is 19.6 Å². The zero-order chi connectivity index (χ0) is 33.5. The minimum absolute atomic E-state index is 0.00970. The van der Waals surface area contributed by atoms with Crippen LogP contribution in [0.25, 0.3) is 17.1 Å². The number of hydrogen-bond donors (Lipinski definition) is 3. The predicted molar refractivity (Wildman–Crippen MR) is 157 cm³/mol. The highest BCUT2D eigenvalue weighted by molar-refractivity contribution is 6.30. The first-order chi connectivity index (χ1) is 22.4. The van der Waals surface area contributed by atoms with Gasteiger partial charge in [-0.2, -0.15) is 13.2 Å². The maximum atomic E-state index is 13.7. The SMILES string of the molecule is O=C1CN(C(=O)c2nc(Cn3nc(-c4ccc(Cl)cc4)n(CC(O)C(F)(F)F)c3=O)nn2-c2cnccc2C(=O)NC2CC2)CCN1. The molecule has 1 atom stereocenters. The van der Waals surface area contributed by atoms with E-state index in [-0.39, 0.29) is 60.0 Å². The molecule has 1 saturated carbocycles. The molecule has 1 aromatic carbocycles. The third-order valence-electron chi connectivity index (χ3n) is 7.40. The summed E-state index contributed by atoms with van der Waals surface area (Å²) in [7, 11) is 0. The molecule has 1 unspecified atom stereocenters. The van der Waals surface area contributed by atoms with Gasteiger partial charge in [0, 0.05) is 35.9 Å². The quantitative estimate of drug-likeness (QED) is 0.231. The third-order valence-corrected chi connectivity index (χ3v) is 7.66. The Balaban J connectivity index is 1.42. The normalized spacial score (nSPS) is 15.8. The van der Waals surface area contributed by atoms with Crippen LogP contribution in [0.3, 0.4) is 0 Å². The molecule has 47 heavy (non-hydrogen) atoms. The van der Waals surface area contributed by atoms with Gasteiger partial charge in [-0.15, -0.1) is 10.2 Å². The minimum Gasteiger partial charge on any atom is -0.382 e. The lowest BCUT2D eigenvalue weighted by Crippen LogP contribution is -2.50. The van der Waals surface area contributed by atoms with E-state index in [1.165, 1.54) is 47.6 Å². The Hall–Kier alpha value is -5.10. The van der Waals surface area contributed by atoms with E-state index < -0.39 is 48.8 Å². The summed E-state index contributed by atoms with van der Waals surface area (Å²) in [6, 6.07) is 7.25. The lowest BCUT2D eigenvalue weighted by molar-refractivity contribution is -0.207. The van der Waals surface area contributed by atoms with Crippen LogP contribution in [0.4, 0.5) is 13.2 Å². The van der Waals surface area contributed by atoms with Crippen molar-refractivity contribution in [3.05, 3.63) is 75.4 Å². The van der Waals surface area contributed by atoms with Crippen molar-refractivity contribution in [3.63, 3.8) is 0 Å². The Morgan fingerprint density at radius 3 is 2.55 bits per heavy atom.